The Morgan fingerprint density at radius 2 is 1.82 bits per heavy atom. The number of ether oxygens (including phenoxy) is 4. The van der Waals surface area contributed by atoms with E-state index in [1.54, 1.807) is 44.6 Å². The third kappa shape index (κ3) is 6.08. The van der Waals surface area contributed by atoms with Gasteiger partial charge in [0.25, 0.3) is 5.91 Å². The first-order chi connectivity index (χ1) is 16.1. The second-order valence-electron chi connectivity index (χ2n) is 6.81. The molecule has 1 amide bonds. The van der Waals surface area contributed by atoms with Crippen LogP contribution in [-0.4, -0.2) is 27.2 Å². The van der Waals surface area contributed by atoms with Crippen LogP contribution in [0.15, 0.2) is 64.8 Å². The molecule has 1 heterocycles. The van der Waals surface area contributed by atoms with Crippen molar-refractivity contribution < 1.29 is 28.2 Å². The predicted octanol–water partition coefficient (Wildman–Crippen LogP) is 4.11. The van der Waals surface area contributed by atoms with Crippen LogP contribution in [0.3, 0.4) is 0 Å². The fourth-order valence-corrected chi connectivity index (χ4v) is 3.03. The second kappa shape index (κ2) is 11.3. The summed E-state index contributed by atoms with van der Waals surface area (Å²) in [5.41, 5.74) is 1.38. The van der Waals surface area contributed by atoms with Crippen molar-refractivity contribution in [2.24, 2.45) is 0 Å². The Morgan fingerprint density at radius 3 is 2.48 bits per heavy atom. The van der Waals surface area contributed by atoms with Gasteiger partial charge in [-0.15, -0.1) is 0 Å². The molecule has 1 aromatic heterocycles. The maximum atomic E-state index is 12.3. The SMILES string of the molecule is COc1ccc(OC)c(COc2ccc(/C=C(\C#N)C(=O)NCc3ccco3)cc2OC)c1. The first-order valence-corrected chi connectivity index (χ1v) is 10.0. The fraction of sp³-hybridized carbons (Fsp3) is 0.200. The third-order valence-corrected chi connectivity index (χ3v) is 4.74. The van der Waals surface area contributed by atoms with Gasteiger partial charge in [0.15, 0.2) is 11.5 Å². The van der Waals surface area contributed by atoms with Crippen molar-refractivity contribution in [1.29, 1.82) is 5.26 Å². The zero-order valence-electron chi connectivity index (χ0n) is 18.6. The molecule has 0 aliphatic heterocycles. The van der Waals surface area contributed by atoms with Gasteiger partial charge < -0.3 is 28.7 Å². The minimum absolute atomic E-state index is 0.0432. The largest absolute Gasteiger partial charge is 0.497 e. The number of hydrogen-bond donors (Lipinski definition) is 1. The summed E-state index contributed by atoms with van der Waals surface area (Å²) < 4.78 is 27.2. The van der Waals surface area contributed by atoms with Crippen molar-refractivity contribution in [2.45, 2.75) is 13.2 Å². The summed E-state index contributed by atoms with van der Waals surface area (Å²) in [6.45, 7) is 0.416. The zero-order valence-corrected chi connectivity index (χ0v) is 18.6. The van der Waals surface area contributed by atoms with Crippen molar-refractivity contribution in [3.8, 4) is 29.1 Å². The number of nitrogens with zero attached hydrogens (tertiary/aromatic N) is 1. The van der Waals surface area contributed by atoms with Crippen LogP contribution in [0.25, 0.3) is 6.08 Å². The zero-order chi connectivity index (χ0) is 23.6. The Hall–Kier alpha value is -4.38. The molecule has 1 N–H and O–H groups in total. The van der Waals surface area contributed by atoms with Gasteiger partial charge in [-0.05, 0) is 54.1 Å². The van der Waals surface area contributed by atoms with E-state index in [4.69, 9.17) is 23.4 Å². The van der Waals surface area contributed by atoms with Gasteiger partial charge in [0.1, 0.15) is 35.5 Å². The summed E-state index contributed by atoms with van der Waals surface area (Å²) in [5, 5.41) is 12.1. The van der Waals surface area contributed by atoms with Crippen LogP contribution in [0.5, 0.6) is 23.0 Å². The van der Waals surface area contributed by atoms with Gasteiger partial charge in [-0.3, -0.25) is 4.79 Å². The van der Waals surface area contributed by atoms with E-state index >= 15 is 0 Å². The molecule has 3 aromatic rings. The maximum Gasteiger partial charge on any atom is 0.262 e. The van der Waals surface area contributed by atoms with Crippen LogP contribution in [0.2, 0.25) is 0 Å². The number of hydrogen-bond acceptors (Lipinski definition) is 7. The molecule has 2 aromatic carbocycles. The molecule has 0 spiro atoms. The number of benzene rings is 2. The molecule has 0 bridgehead atoms. The minimum Gasteiger partial charge on any atom is -0.497 e. The molecule has 3 rings (SSSR count). The lowest BCUT2D eigenvalue weighted by Gasteiger charge is -2.14. The molecule has 170 valence electrons. The molecule has 0 atom stereocenters. The number of carbonyl (C=O) groups excluding carboxylic acids is 1. The van der Waals surface area contributed by atoms with Crippen molar-refractivity contribution >= 4 is 12.0 Å². The number of nitrogens with one attached hydrogen (secondary N) is 1. The maximum absolute atomic E-state index is 12.3. The van der Waals surface area contributed by atoms with Crippen LogP contribution in [0.1, 0.15) is 16.9 Å². The number of amides is 1. The van der Waals surface area contributed by atoms with E-state index in [0.717, 1.165) is 5.56 Å². The lowest BCUT2D eigenvalue weighted by molar-refractivity contribution is -0.117. The molecule has 0 saturated heterocycles. The van der Waals surface area contributed by atoms with Gasteiger partial charge in [0.05, 0.1) is 34.1 Å². The van der Waals surface area contributed by atoms with Crippen LogP contribution in [-0.2, 0) is 17.9 Å². The standard InChI is InChI=1S/C25H24N2O6/c1-29-20-7-9-22(30-2)19(13-20)16-33-23-8-6-17(12-24(23)31-3)11-18(14-26)25(28)27-15-21-5-4-10-32-21/h4-13H,15-16H2,1-3H3,(H,27,28)/b18-11+. The van der Waals surface area contributed by atoms with Gasteiger partial charge in [-0.25, -0.2) is 0 Å². The summed E-state index contributed by atoms with van der Waals surface area (Å²) in [6, 6.07) is 16.0. The number of carbonyl (C=O) groups is 1. The average Bonchev–Trinajstić information content (AvgIpc) is 3.38. The van der Waals surface area contributed by atoms with E-state index < -0.39 is 5.91 Å². The van der Waals surface area contributed by atoms with Crippen molar-refractivity contribution in [3.63, 3.8) is 0 Å². The van der Waals surface area contributed by atoms with Crippen molar-refractivity contribution in [2.75, 3.05) is 21.3 Å². The summed E-state index contributed by atoms with van der Waals surface area (Å²) in [5.74, 6) is 2.42. The quantitative estimate of drug-likeness (QED) is 0.368. The molecule has 8 heteroatoms. The molecule has 33 heavy (non-hydrogen) atoms. The smallest absolute Gasteiger partial charge is 0.262 e. The first kappa shape index (κ1) is 23.3. The average molecular weight is 448 g/mol. The fourth-order valence-electron chi connectivity index (χ4n) is 3.03. The number of rotatable bonds is 10. The monoisotopic (exact) mass is 448 g/mol. The molecule has 0 saturated carbocycles. The Labute approximate surface area is 191 Å². The third-order valence-electron chi connectivity index (χ3n) is 4.74. The van der Waals surface area contributed by atoms with Gasteiger partial charge >= 0.3 is 0 Å². The topological polar surface area (TPSA) is 103 Å². The molecule has 8 nitrogen and oxygen atoms in total. The summed E-state index contributed by atoms with van der Waals surface area (Å²) in [7, 11) is 4.70. The van der Waals surface area contributed by atoms with Gasteiger partial charge in [-0.2, -0.15) is 5.26 Å². The molecule has 0 aliphatic carbocycles. The molecule has 0 radical (unpaired) electrons. The van der Waals surface area contributed by atoms with E-state index in [1.807, 2.05) is 24.3 Å². The Balaban J connectivity index is 1.73. The Morgan fingerprint density at radius 1 is 1.03 bits per heavy atom. The van der Waals surface area contributed by atoms with Crippen molar-refractivity contribution in [1.82, 2.24) is 5.32 Å². The van der Waals surface area contributed by atoms with E-state index in [2.05, 4.69) is 5.32 Å². The van der Waals surface area contributed by atoms with Crippen LogP contribution < -0.4 is 24.3 Å². The Kier molecular flexibility index (Phi) is 7.97. The molecule has 0 unspecified atom stereocenters. The molecule has 0 fully saturated rings. The minimum atomic E-state index is -0.502. The lowest BCUT2D eigenvalue weighted by Crippen LogP contribution is -2.23. The second-order valence-corrected chi connectivity index (χ2v) is 6.81. The van der Waals surface area contributed by atoms with E-state index in [-0.39, 0.29) is 18.7 Å². The summed E-state index contributed by atoms with van der Waals surface area (Å²) in [6.07, 6.45) is 3.00. The summed E-state index contributed by atoms with van der Waals surface area (Å²) >= 11 is 0. The van der Waals surface area contributed by atoms with E-state index in [1.165, 1.54) is 19.4 Å². The van der Waals surface area contributed by atoms with Gasteiger partial charge in [0, 0.05) is 5.56 Å². The van der Waals surface area contributed by atoms with Crippen LogP contribution in [0, 0.1) is 11.3 Å². The molecule has 0 aliphatic rings. The molecular formula is C25H24N2O6. The van der Waals surface area contributed by atoms with Gasteiger partial charge in [-0.1, -0.05) is 6.07 Å². The highest BCUT2D eigenvalue weighted by Gasteiger charge is 2.12. The summed E-state index contributed by atoms with van der Waals surface area (Å²) in [4.78, 5) is 12.3. The predicted molar refractivity (Wildman–Crippen MR) is 121 cm³/mol. The van der Waals surface area contributed by atoms with E-state index in [9.17, 15) is 10.1 Å². The van der Waals surface area contributed by atoms with E-state index in [0.29, 0.717) is 34.3 Å². The highest BCUT2D eigenvalue weighted by molar-refractivity contribution is 6.01. The highest BCUT2D eigenvalue weighted by atomic mass is 16.5. The van der Waals surface area contributed by atoms with Gasteiger partial charge in [0.2, 0.25) is 0 Å². The van der Waals surface area contributed by atoms with Crippen LogP contribution >= 0.6 is 0 Å². The normalized spacial score (nSPS) is 10.8. The highest BCUT2D eigenvalue weighted by Crippen LogP contribution is 2.31. The Bertz CT molecular complexity index is 1160. The lowest BCUT2D eigenvalue weighted by atomic mass is 10.1. The number of methoxy groups -OCH3 is 3. The number of nitriles is 1. The molecular weight excluding hydrogens is 424 g/mol. The van der Waals surface area contributed by atoms with Crippen LogP contribution in [0.4, 0.5) is 0 Å². The van der Waals surface area contributed by atoms with Crippen molar-refractivity contribution in [3.05, 3.63) is 77.3 Å². The first-order valence-electron chi connectivity index (χ1n) is 10.0. The number of furan rings is 1.